The molecule has 0 unspecified atom stereocenters. The molecule has 5 heteroatoms. The van der Waals surface area contributed by atoms with Gasteiger partial charge in [0, 0.05) is 18.9 Å². The number of amides is 1. The third-order valence-electron chi connectivity index (χ3n) is 6.00. The van der Waals surface area contributed by atoms with Gasteiger partial charge in [-0.25, -0.2) is 0 Å². The lowest BCUT2D eigenvalue weighted by molar-refractivity contribution is 0.0932. The standard InChI is InChI=1S/C27H31N3O2/c1-21(18-29-27(31)25-8-5-15-28-19-25)32-26-11-9-22(10-12-26)20-30-16-13-24(14-17-30)23-6-3-2-4-7-23/h2-12,15,19,21,24H,13-14,16-18,20H2,1H3,(H,29,31)/t21-/m1/s1. The zero-order chi connectivity index (χ0) is 22.2. The minimum atomic E-state index is -0.139. The Kier molecular flexibility index (Phi) is 7.51. The topological polar surface area (TPSA) is 54.5 Å². The van der Waals surface area contributed by atoms with Crippen molar-refractivity contribution >= 4 is 5.91 Å². The van der Waals surface area contributed by atoms with Crippen molar-refractivity contribution in [2.75, 3.05) is 19.6 Å². The number of rotatable bonds is 8. The highest BCUT2D eigenvalue weighted by atomic mass is 16.5. The van der Waals surface area contributed by atoms with Crippen LogP contribution >= 0.6 is 0 Å². The zero-order valence-electron chi connectivity index (χ0n) is 18.6. The Morgan fingerprint density at radius 1 is 1.06 bits per heavy atom. The van der Waals surface area contributed by atoms with Gasteiger partial charge in [0.15, 0.2) is 0 Å². The Hall–Kier alpha value is -3.18. The van der Waals surface area contributed by atoms with Crippen LogP contribution in [0.15, 0.2) is 79.1 Å². The zero-order valence-corrected chi connectivity index (χ0v) is 18.6. The Balaban J connectivity index is 1.20. The lowest BCUT2D eigenvalue weighted by Crippen LogP contribution is -2.33. The van der Waals surface area contributed by atoms with Crippen LogP contribution in [0.2, 0.25) is 0 Å². The maximum absolute atomic E-state index is 12.1. The van der Waals surface area contributed by atoms with E-state index in [-0.39, 0.29) is 12.0 Å². The molecule has 2 aromatic carbocycles. The molecule has 1 N–H and O–H groups in total. The Labute approximate surface area is 190 Å². The fourth-order valence-corrected chi connectivity index (χ4v) is 4.19. The number of nitrogens with one attached hydrogen (secondary N) is 1. The summed E-state index contributed by atoms with van der Waals surface area (Å²) in [6, 6.07) is 22.7. The number of hydrogen-bond acceptors (Lipinski definition) is 4. The molecule has 1 aliphatic rings. The average molecular weight is 430 g/mol. The monoisotopic (exact) mass is 429 g/mol. The minimum Gasteiger partial charge on any atom is -0.489 e. The highest BCUT2D eigenvalue weighted by Gasteiger charge is 2.20. The number of piperidine rings is 1. The molecule has 166 valence electrons. The van der Waals surface area contributed by atoms with Gasteiger partial charge in [-0.3, -0.25) is 14.7 Å². The number of carbonyl (C=O) groups excluding carboxylic acids is 1. The lowest BCUT2D eigenvalue weighted by atomic mass is 9.89. The van der Waals surface area contributed by atoms with Crippen molar-refractivity contribution in [3.05, 3.63) is 95.8 Å². The first-order chi connectivity index (χ1) is 15.7. The highest BCUT2D eigenvalue weighted by Crippen LogP contribution is 2.28. The third kappa shape index (κ3) is 6.17. The van der Waals surface area contributed by atoms with Crippen molar-refractivity contribution in [3.8, 4) is 5.75 Å². The molecule has 0 radical (unpaired) electrons. The Morgan fingerprint density at radius 3 is 2.50 bits per heavy atom. The van der Waals surface area contributed by atoms with E-state index in [4.69, 9.17) is 4.74 Å². The second-order valence-electron chi connectivity index (χ2n) is 8.49. The molecule has 1 amide bonds. The molecular formula is C27H31N3O2. The predicted octanol–water partition coefficient (Wildman–Crippen LogP) is 4.66. The molecule has 1 atom stereocenters. The number of carbonyl (C=O) groups is 1. The van der Waals surface area contributed by atoms with E-state index in [9.17, 15) is 4.79 Å². The summed E-state index contributed by atoms with van der Waals surface area (Å²) in [5.41, 5.74) is 3.32. The molecule has 0 saturated carbocycles. The highest BCUT2D eigenvalue weighted by molar-refractivity contribution is 5.93. The van der Waals surface area contributed by atoms with Gasteiger partial charge in [0.1, 0.15) is 11.9 Å². The molecule has 0 bridgehead atoms. The quantitative estimate of drug-likeness (QED) is 0.566. The normalized spacial score (nSPS) is 15.8. The van der Waals surface area contributed by atoms with E-state index in [0.29, 0.717) is 18.0 Å². The summed E-state index contributed by atoms with van der Waals surface area (Å²) in [6.45, 7) is 5.62. The molecule has 1 saturated heterocycles. The van der Waals surface area contributed by atoms with Crippen molar-refractivity contribution in [3.63, 3.8) is 0 Å². The van der Waals surface area contributed by atoms with Gasteiger partial charge in [0.25, 0.3) is 5.91 Å². The fourth-order valence-electron chi connectivity index (χ4n) is 4.19. The van der Waals surface area contributed by atoms with Crippen molar-refractivity contribution in [2.45, 2.75) is 38.3 Å². The van der Waals surface area contributed by atoms with E-state index < -0.39 is 0 Å². The summed E-state index contributed by atoms with van der Waals surface area (Å²) in [7, 11) is 0. The Bertz CT molecular complexity index is 969. The average Bonchev–Trinajstić information content (AvgIpc) is 2.85. The van der Waals surface area contributed by atoms with Crippen LogP contribution in [0.25, 0.3) is 0 Å². The van der Waals surface area contributed by atoms with Gasteiger partial charge < -0.3 is 10.1 Å². The van der Waals surface area contributed by atoms with Crippen LogP contribution in [-0.2, 0) is 6.54 Å². The lowest BCUT2D eigenvalue weighted by Gasteiger charge is -2.32. The van der Waals surface area contributed by atoms with Gasteiger partial charge in [-0.05, 0) is 74.2 Å². The van der Waals surface area contributed by atoms with Crippen LogP contribution in [0.1, 0.15) is 47.2 Å². The first-order valence-electron chi connectivity index (χ1n) is 11.4. The Morgan fingerprint density at radius 2 is 1.81 bits per heavy atom. The summed E-state index contributed by atoms with van der Waals surface area (Å²) in [6.07, 6.45) is 5.52. The van der Waals surface area contributed by atoms with Gasteiger partial charge in [0.2, 0.25) is 0 Å². The molecule has 3 aromatic rings. The molecule has 1 aromatic heterocycles. The van der Waals surface area contributed by atoms with Gasteiger partial charge in [-0.2, -0.15) is 0 Å². The van der Waals surface area contributed by atoms with Crippen LogP contribution in [0.5, 0.6) is 5.75 Å². The molecule has 1 fully saturated rings. The molecule has 32 heavy (non-hydrogen) atoms. The van der Waals surface area contributed by atoms with Gasteiger partial charge >= 0.3 is 0 Å². The van der Waals surface area contributed by atoms with Crippen molar-refractivity contribution in [1.29, 1.82) is 0 Å². The number of pyridine rings is 1. The summed E-state index contributed by atoms with van der Waals surface area (Å²) in [5, 5.41) is 2.89. The number of aromatic nitrogens is 1. The van der Waals surface area contributed by atoms with E-state index in [1.807, 2.05) is 19.1 Å². The summed E-state index contributed by atoms with van der Waals surface area (Å²) < 4.78 is 5.96. The first kappa shape index (κ1) is 22.0. The number of nitrogens with zero attached hydrogens (tertiary/aromatic N) is 2. The molecule has 0 aliphatic carbocycles. The number of likely N-dealkylation sites (tertiary alicyclic amines) is 1. The van der Waals surface area contributed by atoms with Crippen molar-refractivity contribution in [2.24, 2.45) is 0 Å². The molecular weight excluding hydrogens is 398 g/mol. The minimum absolute atomic E-state index is 0.126. The number of ether oxygens (including phenoxy) is 1. The largest absolute Gasteiger partial charge is 0.489 e. The summed E-state index contributed by atoms with van der Waals surface area (Å²) in [4.78, 5) is 18.6. The second-order valence-corrected chi connectivity index (χ2v) is 8.49. The van der Waals surface area contributed by atoms with E-state index >= 15 is 0 Å². The van der Waals surface area contributed by atoms with Crippen molar-refractivity contribution in [1.82, 2.24) is 15.2 Å². The van der Waals surface area contributed by atoms with Crippen LogP contribution in [-0.4, -0.2) is 41.5 Å². The maximum Gasteiger partial charge on any atom is 0.252 e. The van der Waals surface area contributed by atoms with E-state index in [1.165, 1.54) is 24.0 Å². The molecule has 4 rings (SSSR count). The van der Waals surface area contributed by atoms with Gasteiger partial charge in [-0.15, -0.1) is 0 Å². The fraction of sp³-hybridized carbons (Fsp3) is 0.333. The van der Waals surface area contributed by atoms with E-state index in [1.54, 1.807) is 24.5 Å². The second kappa shape index (κ2) is 10.9. The third-order valence-corrected chi connectivity index (χ3v) is 6.00. The number of hydrogen-bond donors (Lipinski definition) is 1. The van der Waals surface area contributed by atoms with Crippen LogP contribution in [0.4, 0.5) is 0 Å². The number of benzene rings is 2. The van der Waals surface area contributed by atoms with Gasteiger partial charge in [-0.1, -0.05) is 42.5 Å². The first-order valence-corrected chi connectivity index (χ1v) is 11.4. The predicted molar refractivity (Wildman–Crippen MR) is 127 cm³/mol. The van der Waals surface area contributed by atoms with Gasteiger partial charge in [0.05, 0.1) is 12.1 Å². The SMILES string of the molecule is C[C@H](CNC(=O)c1cccnc1)Oc1ccc(CN2CCC(c3ccccc3)CC2)cc1. The molecule has 1 aliphatic heterocycles. The molecule has 5 nitrogen and oxygen atoms in total. The van der Waals surface area contributed by atoms with E-state index in [2.05, 4.69) is 57.7 Å². The molecule has 0 spiro atoms. The van der Waals surface area contributed by atoms with Crippen LogP contribution < -0.4 is 10.1 Å². The smallest absolute Gasteiger partial charge is 0.252 e. The maximum atomic E-state index is 12.1. The van der Waals surface area contributed by atoms with Crippen molar-refractivity contribution < 1.29 is 9.53 Å². The van der Waals surface area contributed by atoms with Crippen LogP contribution in [0.3, 0.4) is 0 Å². The molecule has 2 heterocycles. The summed E-state index contributed by atoms with van der Waals surface area (Å²) >= 11 is 0. The van der Waals surface area contributed by atoms with E-state index in [0.717, 1.165) is 25.4 Å². The van der Waals surface area contributed by atoms with Crippen LogP contribution in [0, 0.1) is 0 Å². The summed E-state index contributed by atoms with van der Waals surface area (Å²) in [5.74, 6) is 1.36.